The number of carbonyl (C=O) groups excluding carboxylic acids is 2. The zero-order valence-corrected chi connectivity index (χ0v) is 30.7. The molecule has 2 aliphatic carbocycles. The minimum absolute atomic E-state index is 0.218. The van der Waals surface area contributed by atoms with Crippen molar-refractivity contribution in [2.75, 3.05) is 34.0 Å². The van der Waals surface area contributed by atoms with Crippen molar-refractivity contribution in [1.29, 1.82) is 0 Å². The number of aliphatic hydroxyl groups is 1. The number of allylic oxidation sites excluding steroid dienone is 1. The van der Waals surface area contributed by atoms with E-state index < -0.39 is 0 Å². The third kappa shape index (κ3) is 20.1. The molecule has 0 saturated heterocycles. The average Bonchev–Trinajstić information content (AvgIpc) is 3.11. The van der Waals surface area contributed by atoms with E-state index >= 15 is 0 Å². The predicted octanol–water partition coefficient (Wildman–Crippen LogP) is 9.93. The smallest absolute Gasteiger partial charge is 0.147 e. The van der Waals surface area contributed by atoms with Crippen molar-refractivity contribution < 1.29 is 24.2 Å². The lowest BCUT2D eigenvalue weighted by atomic mass is 9.66. The molecule has 5 heteroatoms. The summed E-state index contributed by atoms with van der Waals surface area (Å²) < 4.78 is 10.8. The van der Waals surface area contributed by atoms with Crippen LogP contribution in [0.5, 0.6) is 0 Å². The largest absolute Gasteiger partial charge is 0.392 e. The van der Waals surface area contributed by atoms with Crippen LogP contribution >= 0.6 is 0 Å². The maximum Gasteiger partial charge on any atom is 0.147 e. The van der Waals surface area contributed by atoms with E-state index in [-0.39, 0.29) is 12.2 Å². The van der Waals surface area contributed by atoms with Gasteiger partial charge in [-0.3, -0.25) is 9.59 Å². The number of unbranched alkanes of at least 4 members (excludes halogenated alkanes) is 3. The van der Waals surface area contributed by atoms with Gasteiger partial charge in [-0.25, -0.2) is 0 Å². The first-order valence-corrected chi connectivity index (χ1v) is 18.7. The average molecular weight is 655 g/mol. The molecular weight excluding hydrogens is 584 g/mol. The third-order valence-electron chi connectivity index (χ3n) is 10.4. The molecule has 0 aliphatic heterocycles. The summed E-state index contributed by atoms with van der Waals surface area (Å²) in [7, 11) is 3.68. The Hall–Kier alpha value is -2.08. The number of aryl methyl sites for hydroxylation is 2. The van der Waals surface area contributed by atoms with Crippen molar-refractivity contribution in [1.82, 2.24) is 0 Å². The van der Waals surface area contributed by atoms with E-state index in [1.807, 2.05) is 14.2 Å². The SMILES string of the molecule is C=C(C)C=O.C=C(C=O)CO.CCCCCc1ccc(CCCCC2CCC(C3CCC(C(CCOC)CCOC)CC3)CC2)cc1. The van der Waals surface area contributed by atoms with Crippen LogP contribution in [0.15, 0.2) is 48.6 Å². The first kappa shape index (κ1) is 42.9. The summed E-state index contributed by atoms with van der Waals surface area (Å²) in [4.78, 5) is 18.9. The van der Waals surface area contributed by atoms with Gasteiger partial charge in [-0.1, -0.05) is 82.9 Å². The highest BCUT2D eigenvalue weighted by atomic mass is 16.5. The lowest BCUT2D eigenvalue weighted by Gasteiger charge is -2.40. The molecule has 0 radical (unpaired) electrons. The van der Waals surface area contributed by atoms with Crippen molar-refractivity contribution in [2.45, 2.75) is 129 Å². The minimum atomic E-state index is -0.233. The van der Waals surface area contributed by atoms with Gasteiger partial charge in [0.2, 0.25) is 0 Å². The standard InChI is InChI=1S/C34H58O2.C4H6O2.C4H6O/c1-4-5-6-9-28-12-14-29(15-13-28)10-7-8-11-30-16-18-31(19-17-30)32-20-22-33(23-21-32)34(24-26-35-2)25-27-36-3;1-4(2-5)3-6;1-4(2)3-5/h12-15,30-34H,4-11,16-27H2,1-3H3;2,6H,1,3H2;3H,1H2,2H3. The summed E-state index contributed by atoms with van der Waals surface area (Å²) >= 11 is 0. The van der Waals surface area contributed by atoms with E-state index in [9.17, 15) is 9.59 Å². The van der Waals surface area contributed by atoms with Gasteiger partial charge < -0.3 is 14.6 Å². The number of rotatable bonds is 20. The molecule has 0 bridgehead atoms. The molecule has 2 aliphatic rings. The Morgan fingerprint density at radius 3 is 1.64 bits per heavy atom. The fourth-order valence-corrected chi connectivity index (χ4v) is 7.44. The fourth-order valence-electron chi connectivity index (χ4n) is 7.44. The van der Waals surface area contributed by atoms with Crippen molar-refractivity contribution in [3.63, 3.8) is 0 Å². The van der Waals surface area contributed by atoms with E-state index in [0.29, 0.717) is 11.9 Å². The molecule has 5 nitrogen and oxygen atoms in total. The monoisotopic (exact) mass is 655 g/mol. The van der Waals surface area contributed by atoms with Crippen LogP contribution in [0.3, 0.4) is 0 Å². The second kappa shape index (κ2) is 27.8. The Bertz CT molecular complexity index is 930. The molecule has 268 valence electrons. The quantitative estimate of drug-likeness (QED) is 0.0861. The van der Waals surface area contributed by atoms with Crippen molar-refractivity contribution in [3.05, 3.63) is 59.7 Å². The highest BCUT2D eigenvalue weighted by Crippen LogP contribution is 2.44. The second-order valence-corrected chi connectivity index (χ2v) is 14.2. The molecule has 1 aromatic rings. The highest BCUT2D eigenvalue weighted by molar-refractivity contribution is 5.72. The molecule has 0 amide bonds. The Kier molecular flexibility index (Phi) is 25.4. The lowest BCUT2D eigenvalue weighted by Crippen LogP contribution is -2.29. The summed E-state index contributed by atoms with van der Waals surface area (Å²) in [6.45, 7) is 12.0. The fraction of sp³-hybridized carbons (Fsp3) is 0.714. The predicted molar refractivity (Wildman–Crippen MR) is 198 cm³/mol. The molecule has 1 N–H and O–H groups in total. The van der Waals surface area contributed by atoms with Crippen molar-refractivity contribution in [3.8, 4) is 0 Å². The van der Waals surface area contributed by atoms with Gasteiger partial charge in [-0.05, 0) is 130 Å². The number of aliphatic hydroxyl groups excluding tert-OH is 1. The number of aldehydes is 2. The number of ether oxygens (including phenoxy) is 2. The molecule has 2 fully saturated rings. The van der Waals surface area contributed by atoms with Gasteiger partial charge in [0, 0.05) is 33.0 Å². The summed E-state index contributed by atoms with van der Waals surface area (Å²) in [5.41, 5.74) is 3.86. The van der Waals surface area contributed by atoms with Gasteiger partial charge in [-0.15, -0.1) is 0 Å². The number of carbonyl (C=O) groups is 2. The lowest BCUT2D eigenvalue weighted by molar-refractivity contribution is -0.105. The zero-order valence-electron chi connectivity index (χ0n) is 30.7. The van der Waals surface area contributed by atoms with E-state index in [0.717, 1.165) is 49.1 Å². The van der Waals surface area contributed by atoms with E-state index in [1.54, 1.807) is 12.5 Å². The Labute approximate surface area is 289 Å². The molecule has 0 heterocycles. The van der Waals surface area contributed by atoms with Crippen LogP contribution in [-0.2, 0) is 31.9 Å². The molecule has 1 aromatic carbocycles. The Morgan fingerprint density at radius 2 is 1.26 bits per heavy atom. The molecule has 2 saturated carbocycles. The molecule has 0 unspecified atom stereocenters. The van der Waals surface area contributed by atoms with Gasteiger partial charge in [0.05, 0.1) is 6.61 Å². The highest BCUT2D eigenvalue weighted by Gasteiger charge is 2.33. The first-order valence-electron chi connectivity index (χ1n) is 18.7. The molecule has 0 spiro atoms. The maximum absolute atomic E-state index is 9.48. The van der Waals surface area contributed by atoms with Crippen LogP contribution < -0.4 is 0 Å². The molecule has 0 aromatic heterocycles. The number of hydrogen-bond acceptors (Lipinski definition) is 5. The molecule has 47 heavy (non-hydrogen) atoms. The first-order chi connectivity index (χ1) is 22.8. The molecule has 3 rings (SSSR count). The van der Waals surface area contributed by atoms with Gasteiger partial charge in [0.15, 0.2) is 0 Å². The summed E-state index contributed by atoms with van der Waals surface area (Å²) in [6.07, 6.45) is 26.3. The normalized spacial score (nSPS) is 20.7. The van der Waals surface area contributed by atoms with E-state index in [2.05, 4.69) is 44.3 Å². The van der Waals surface area contributed by atoms with Crippen LogP contribution in [0.1, 0.15) is 128 Å². The summed E-state index contributed by atoms with van der Waals surface area (Å²) in [6, 6.07) is 9.52. The maximum atomic E-state index is 9.48. The molecular formula is C42H70O5. The minimum Gasteiger partial charge on any atom is -0.392 e. The van der Waals surface area contributed by atoms with Crippen LogP contribution in [0.4, 0.5) is 0 Å². The van der Waals surface area contributed by atoms with Crippen molar-refractivity contribution >= 4 is 12.6 Å². The number of methoxy groups -OCH3 is 2. The number of benzene rings is 1. The topological polar surface area (TPSA) is 72.8 Å². The number of hydrogen-bond donors (Lipinski definition) is 1. The van der Waals surface area contributed by atoms with Gasteiger partial charge in [0.1, 0.15) is 12.6 Å². The van der Waals surface area contributed by atoms with E-state index in [1.165, 1.54) is 121 Å². The summed E-state index contributed by atoms with van der Waals surface area (Å²) in [5.74, 6) is 4.74. The summed E-state index contributed by atoms with van der Waals surface area (Å²) in [5, 5.41) is 8.00. The van der Waals surface area contributed by atoms with Crippen LogP contribution in [0.2, 0.25) is 0 Å². The van der Waals surface area contributed by atoms with E-state index in [4.69, 9.17) is 14.6 Å². The second-order valence-electron chi connectivity index (χ2n) is 14.2. The van der Waals surface area contributed by atoms with Gasteiger partial charge >= 0.3 is 0 Å². The van der Waals surface area contributed by atoms with Gasteiger partial charge in [0.25, 0.3) is 0 Å². The van der Waals surface area contributed by atoms with Crippen LogP contribution in [-0.4, -0.2) is 51.7 Å². The van der Waals surface area contributed by atoms with Crippen LogP contribution in [0.25, 0.3) is 0 Å². The third-order valence-corrected chi connectivity index (χ3v) is 10.4. The van der Waals surface area contributed by atoms with Crippen molar-refractivity contribution in [2.24, 2.45) is 29.6 Å². The Balaban J connectivity index is 0.000000863. The Morgan fingerprint density at radius 1 is 0.787 bits per heavy atom. The molecule has 0 atom stereocenters. The zero-order chi connectivity index (χ0) is 34.7. The van der Waals surface area contributed by atoms with Crippen LogP contribution in [0, 0.1) is 29.6 Å². The van der Waals surface area contributed by atoms with Gasteiger partial charge in [-0.2, -0.15) is 0 Å².